The lowest BCUT2D eigenvalue weighted by atomic mass is 9.96. The number of rotatable bonds is 4. The Hall–Kier alpha value is -2.34. The largest absolute Gasteiger partial charge is 0.325 e. The van der Waals surface area contributed by atoms with Crippen LogP contribution in [0, 0.1) is 0 Å². The number of aromatic nitrogens is 2. The fourth-order valence-corrected chi connectivity index (χ4v) is 3.30. The van der Waals surface area contributed by atoms with Crippen molar-refractivity contribution in [3.05, 3.63) is 48.3 Å². The Morgan fingerprint density at radius 2 is 2.21 bits per heavy atom. The highest BCUT2D eigenvalue weighted by Crippen LogP contribution is 2.23. The van der Waals surface area contributed by atoms with Gasteiger partial charge in [0.1, 0.15) is 0 Å². The van der Waals surface area contributed by atoms with Gasteiger partial charge in [-0.2, -0.15) is 5.10 Å². The highest BCUT2D eigenvalue weighted by Gasteiger charge is 2.29. The fraction of sp³-hybridized carbons (Fsp3) is 0.444. The van der Waals surface area contributed by atoms with E-state index in [2.05, 4.69) is 51.6 Å². The van der Waals surface area contributed by atoms with Crippen LogP contribution in [0.2, 0.25) is 0 Å². The summed E-state index contributed by atoms with van der Waals surface area (Å²) in [5, 5.41) is 9.41. The van der Waals surface area contributed by atoms with E-state index >= 15 is 0 Å². The van der Waals surface area contributed by atoms with E-state index in [-0.39, 0.29) is 12.1 Å². The molecule has 0 saturated carbocycles. The Bertz CT molecular complexity index is 643. The van der Waals surface area contributed by atoms with Gasteiger partial charge in [-0.1, -0.05) is 30.3 Å². The number of hydrogen-bond donors (Lipinski definition) is 2. The number of likely N-dealkylation sites (tertiary alicyclic amines) is 1. The fourth-order valence-electron chi connectivity index (χ4n) is 3.30. The first kappa shape index (κ1) is 16.5. The number of urea groups is 1. The molecule has 2 amide bonds. The van der Waals surface area contributed by atoms with Crippen molar-refractivity contribution in [2.24, 2.45) is 0 Å². The van der Waals surface area contributed by atoms with E-state index in [9.17, 15) is 4.79 Å². The smallest absolute Gasteiger partial charge is 0.321 e. The molecule has 0 aliphatic carbocycles. The van der Waals surface area contributed by atoms with Gasteiger partial charge < -0.3 is 10.2 Å². The third-order valence-electron chi connectivity index (χ3n) is 4.83. The number of H-pyrrole nitrogens is 1. The average molecular weight is 327 g/mol. The number of hydrogen-bond acceptors (Lipinski definition) is 3. The van der Waals surface area contributed by atoms with Gasteiger partial charge in [-0.05, 0) is 25.3 Å². The van der Waals surface area contributed by atoms with E-state index in [4.69, 9.17) is 0 Å². The van der Waals surface area contributed by atoms with Gasteiger partial charge in [-0.25, -0.2) is 4.79 Å². The molecule has 2 heterocycles. The first-order valence-electron chi connectivity index (χ1n) is 8.44. The van der Waals surface area contributed by atoms with Crippen LogP contribution in [0.25, 0.3) is 0 Å². The lowest BCUT2D eigenvalue weighted by Crippen LogP contribution is -2.50. The molecule has 1 aliphatic rings. The predicted octanol–water partition coefficient (Wildman–Crippen LogP) is 2.93. The second-order valence-electron chi connectivity index (χ2n) is 6.51. The van der Waals surface area contributed by atoms with Gasteiger partial charge in [-0.15, -0.1) is 0 Å². The molecular formula is C18H25N5O. The van der Waals surface area contributed by atoms with E-state index in [1.165, 1.54) is 5.56 Å². The molecule has 2 unspecified atom stereocenters. The van der Waals surface area contributed by atoms with Crippen molar-refractivity contribution in [3.8, 4) is 0 Å². The van der Waals surface area contributed by atoms with Crippen LogP contribution in [0.3, 0.4) is 0 Å². The molecule has 2 N–H and O–H groups in total. The first-order valence-corrected chi connectivity index (χ1v) is 8.44. The molecule has 0 bridgehead atoms. The topological polar surface area (TPSA) is 64.3 Å². The third-order valence-corrected chi connectivity index (χ3v) is 4.83. The zero-order chi connectivity index (χ0) is 16.9. The molecule has 1 fully saturated rings. The number of aromatic amines is 1. The van der Waals surface area contributed by atoms with Crippen molar-refractivity contribution >= 4 is 11.7 Å². The van der Waals surface area contributed by atoms with E-state index in [0.717, 1.165) is 25.9 Å². The van der Waals surface area contributed by atoms with E-state index in [1.807, 2.05) is 18.0 Å². The molecule has 1 saturated heterocycles. The molecule has 24 heavy (non-hydrogen) atoms. The second kappa shape index (κ2) is 7.49. The zero-order valence-corrected chi connectivity index (χ0v) is 14.3. The van der Waals surface area contributed by atoms with Gasteiger partial charge in [0.15, 0.2) is 0 Å². The van der Waals surface area contributed by atoms with Crippen LogP contribution >= 0.6 is 0 Å². The normalized spacial score (nSPS) is 21.4. The summed E-state index contributed by atoms with van der Waals surface area (Å²) in [6, 6.07) is 11.2. The zero-order valence-electron chi connectivity index (χ0n) is 14.3. The summed E-state index contributed by atoms with van der Waals surface area (Å²) in [6.07, 6.45) is 5.27. The summed E-state index contributed by atoms with van der Waals surface area (Å²) < 4.78 is 0. The molecule has 1 aromatic carbocycles. The van der Waals surface area contributed by atoms with Crippen LogP contribution in [-0.2, 0) is 6.54 Å². The third kappa shape index (κ3) is 3.94. The summed E-state index contributed by atoms with van der Waals surface area (Å²) >= 11 is 0. The number of carbonyl (C=O) groups is 1. The number of benzene rings is 1. The van der Waals surface area contributed by atoms with Crippen molar-refractivity contribution in [3.63, 3.8) is 0 Å². The monoisotopic (exact) mass is 327 g/mol. The van der Waals surface area contributed by atoms with Crippen LogP contribution < -0.4 is 5.32 Å². The van der Waals surface area contributed by atoms with Crippen molar-refractivity contribution in [2.75, 3.05) is 18.9 Å². The van der Waals surface area contributed by atoms with Crippen LogP contribution in [0.4, 0.5) is 10.5 Å². The molecule has 2 aromatic rings. The molecule has 0 radical (unpaired) electrons. The van der Waals surface area contributed by atoms with E-state index < -0.39 is 0 Å². The molecule has 3 rings (SSSR count). The average Bonchev–Trinajstić information content (AvgIpc) is 3.10. The number of nitrogens with zero attached hydrogens (tertiary/aromatic N) is 3. The standard InChI is InChI=1S/C18H25N5O/c1-14-10-17(22(2)18(24)21-16-11-19-20-12-16)8-9-23(14)13-15-6-4-3-5-7-15/h3-7,11-12,14,17H,8-10,13H2,1-2H3,(H,19,20)(H,21,24). The number of nitrogens with one attached hydrogen (secondary N) is 2. The van der Waals surface area contributed by atoms with E-state index in [0.29, 0.717) is 11.7 Å². The van der Waals surface area contributed by atoms with Crippen LogP contribution in [0.1, 0.15) is 25.3 Å². The SMILES string of the molecule is CC1CC(N(C)C(=O)Nc2cn[nH]c2)CCN1Cc1ccccc1. The predicted molar refractivity (Wildman–Crippen MR) is 94.7 cm³/mol. The first-order chi connectivity index (χ1) is 11.6. The maximum Gasteiger partial charge on any atom is 0.321 e. The maximum absolute atomic E-state index is 12.3. The highest BCUT2D eigenvalue weighted by molar-refractivity contribution is 5.89. The maximum atomic E-state index is 12.3. The Kier molecular flexibility index (Phi) is 5.15. The number of anilines is 1. The van der Waals surface area contributed by atoms with Crippen LogP contribution in [-0.4, -0.2) is 51.7 Å². The van der Waals surface area contributed by atoms with Gasteiger partial charge in [-0.3, -0.25) is 10.00 Å². The summed E-state index contributed by atoms with van der Waals surface area (Å²) in [4.78, 5) is 16.7. The van der Waals surface area contributed by atoms with Crippen LogP contribution in [0.5, 0.6) is 0 Å². The highest BCUT2D eigenvalue weighted by atomic mass is 16.2. The Morgan fingerprint density at radius 1 is 1.42 bits per heavy atom. The molecule has 6 nitrogen and oxygen atoms in total. The lowest BCUT2D eigenvalue weighted by Gasteiger charge is -2.41. The van der Waals surface area contributed by atoms with Crippen molar-refractivity contribution < 1.29 is 4.79 Å². The quantitative estimate of drug-likeness (QED) is 0.907. The number of amides is 2. The molecular weight excluding hydrogens is 302 g/mol. The van der Waals surface area contributed by atoms with Gasteiger partial charge in [0, 0.05) is 38.4 Å². The minimum Gasteiger partial charge on any atom is -0.325 e. The molecule has 0 spiro atoms. The molecule has 6 heteroatoms. The van der Waals surface area contributed by atoms with Crippen molar-refractivity contribution in [1.29, 1.82) is 0 Å². The minimum absolute atomic E-state index is 0.0786. The molecule has 1 aliphatic heterocycles. The van der Waals surface area contributed by atoms with Gasteiger partial charge >= 0.3 is 6.03 Å². The van der Waals surface area contributed by atoms with Crippen molar-refractivity contribution in [2.45, 2.75) is 38.4 Å². The summed E-state index contributed by atoms with van der Waals surface area (Å²) in [7, 11) is 1.87. The van der Waals surface area contributed by atoms with E-state index in [1.54, 1.807) is 12.4 Å². The Labute approximate surface area is 142 Å². The Morgan fingerprint density at radius 3 is 2.88 bits per heavy atom. The molecule has 128 valence electrons. The number of carbonyl (C=O) groups excluding carboxylic acids is 1. The van der Waals surface area contributed by atoms with Gasteiger partial charge in [0.25, 0.3) is 0 Å². The summed E-state index contributed by atoms with van der Waals surface area (Å²) in [6.45, 7) is 4.22. The minimum atomic E-state index is -0.0786. The summed E-state index contributed by atoms with van der Waals surface area (Å²) in [5.41, 5.74) is 2.04. The van der Waals surface area contributed by atoms with Gasteiger partial charge in [0.2, 0.25) is 0 Å². The summed E-state index contributed by atoms with van der Waals surface area (Å²) in [5.74, 6) is 0. The lowest BCUT2D eigenvalue weighted by molar-refractivity contribution is 0.0942. The Balaban J connectivity index is 1.53. The molecule has 1 aromatic heterocycles. The van der Waals surface area contributed by atoms with Gasteiger partial charge in [0.05, 0.1) is 11.9 Å². The van der Waals surface area contributed by atoms with Crippen molar-refractivity contribution in [1.82, 2.24) is 20.0 Å². The molecule has 2 atom stereocenters. The number of piperidine rings is 1. The second-order valence-corrected chi connectivity index (χ2v) is 6.51. The van der Waals surface area contributed by atoms with Crippen LogP contribution in [0.15, 0.2) is 42.7 Å².